The Morgan fingerprint density at radius 2 is 1.69 bits per heavy atom. The molecule has 0 saturated carbocycles. The van der Waals surface area contributed by atoms with E-state index >= 15 is 0 Å². The second-order valence-electron chi connectivity index (χ2n) is 13.6. The number of ketones is 1. The SMILES string of the molecule is CC(C)Oc1ccc(C(=O)CN2CC3(CNC3)C2)cc1-n1c(CN2CCN(C(=O)COc3ccc(Cl)cc3)CC2)nc2ccccc2c1=O. The van der Waals surface area contributed by atoms with Crippen LogP contribution in [0.2, 0.25) is 5.02 Å². The Labute approximate surface area is 290 Å². The van der Waals surface area contributed by atoms with Gasteiger partial charge in [-0.05, 0) is 68.4 Å². The van der Waals surface area contributed by atoms with E-state index in [2.05, 4.69) is 15.1 Å². The molecule has 3 fully saturated rings. The Kier molecular flexibility index (Phi) is 9.43. The normalized spacial score (nSPS) is 17.6. The first-order valence-electron chi connectivity index (χ1n) is 16.8. The quantitative estimate of drug-likeness (QED) is 0.237. The van der Waals surface area contributed by atoms with Crippen LogP contribution in [0.1, 0.15) is 30.0 Å². The van der Waals surface area contributed by atoms with E-state index in [1.165, 1.54) is 0 Å². The Morgan fingerprint density at radius 3 is 2.39 bits per heavy atom. The lowest BCUT2D eigenvalue weighted by atomic mass is 9.74. The van der Waals surface area contributed by atoms with Gasteiger partial charge in [-0.1, -0.05) is 23.7 Å². The number of para-hydroxylation sites is 1. The number of likely N-dealkylation sites (tertiary alicyclic amines) is 1. The van der Waals surface area contributed by atoms with E-state index in [0.717, 1.165) is 26.2 Å². The number of ether oxygens (including phenoxy) is 2. The summed E-state index contributed by atoms with van der Waals surface area (Å²) in [7, 11) is 0. The van der Waals surface area contributed by atoms with Gasteiger partial charge < -0.3 is 19.7 Å². The van der Waals surface area contributed by atoms with Crippen LogP contribution in [-0.4, -0.2) is 108 Å². The first-order chi connectivity index (χ1) is 23.7. The number of hydrogen-bond donors (Lipinski definition) is 1. The van der Waals surface area contributed by atoms with Crippen LogP contribution in [0.15, 0.2) is 71.5 Å². The van der Waals surface area contributed by atoms with Crippen LogP contribution in [0.5, 0.6) is 11.5 Å². The van der Waals surface area contributed by atoms with Gasteiger partial charge in [-0.25, -0.2) is 4.98 Å². The maximum atomic E-state index is 14.3. The van der Waals surface area contributed by atoms with Crippen LogP contribution in [-0.2, 0) is 11.3 Å². The van der Waals surface area contributed by atoms with Crippen LogP contribution in [0, 0.1) is 5.41 Å². The molecule has 4 heterocycles. The molecule has 0 aliphatic carbocycles. The van der Waals surface area contributed by atoms with Crippen molar-refractivity contribution < 1.29 is 19.1 Å². The smallest absolute Gasteiger partial charge is 0.266 e. The molecule has 3 saturated heterocycles. The van der Waals surface area contributed by atoms with Crippen LogP contribution in [0.25, 0.3) is 16.6 Å². The molecule has 1 N–H and O–H groups in total. The molecule has 3 aromatic carbocycles. The van der Waals surface area contributed by atoms with E-state index in [4.69, 9.17) is 26.1 Å². The van der Waals surface area contributed by atoms with Gasteiger partial charge in [0.1, 0.15) is 17.3 Å². The van der Waals surface area contributed by atoms with Crippen LogP contribution in [0.4, 0.5) is 0 Å². The number of nitrogens with zero attached hydrogens (tertiary/aromatic N) is 5. The summed E-state index contributed by atoms with van der Waals surface area (Å²) < 4.78 is 13.5. The molecule has 0 radical (unpaired) electrons. The van der Waals surface area contributed by atoms with Crippen molar-refractivity contribution in [3.63, 3.8) is 0 Å². The number of carbonyl (C=O) groups is 2. The molecule has 49 heavy (non-hydrogen) atoms. The molecular weight excluding hydrogens is 644 g/mol. The number of fused-ring (bicyclic) bond motifs is 1. The number of rotatable bonds is 11. The van der Waals surface area contributed by atoms with Crippen molar-refractivity contribution in [3.8, 4) is 17.2 Å². The van der Waals surface area contributed by atoms with Crippen molar-refractivity contribution >= 4 is 34.2 Å². The number of Topliss-reactive ketones (excluding diaryl/α,β-unsaturated/α-hetero) is 1. The summed E-state index contributed by atoms with van der Waals surface area (Å²) in [6, 6.07) is 19.6. The Bertz CT molecular complexity index is 1910. The van der Waals surface area contributed by atoms with Gasteiger partial charge in [-0.3, -0.25) is 28.8 Å². The van der Waals surface area contributed by atoms with Gasteiger partial charge in [0.25, 0.3) is 11.5 Å². The van der Waals surface area contributed by atoms with E-state index in [-0.39, 0.29) is 30.0 Å². The highest BCUT2D eigenvalue weighted by Crippen LogP contribution is 2.34. The fourth-order valence-corrected chi connectivity index (χ4v) is 7.01. The largest absolute Gasteiger partial charge is 0.489 e. The number of halogens is 1. The summed E-state index contributed by atoms with van der Waals surface area (Å²) >= 11 is 5.95. The number of piperazine rings is 1. The zero-order valence-corrected chi connectivity index (χ0v) is 28.6. The van der Waals surface area contributed by atoms with Crippen molar-refractivity contribution in [1.82, 2.24) is 29.6 Å². The highest BCUT2D eigenvalue weighted by Gasteiger charge is 2.47. The van der Waals surface area contributed by atoms with Crippen molar-refractivity contribution in [2.45, 2.75) is 26.5 Å². The van der Waals surface area contributed by atoms with Crippen LogP contribution < -0.4 is 20.3 Å². The average molecular weight is 685 g/mol. The zero-order valence-electron chi connectivity index (χ0n) is 27.9. The first-order valence-corrected chi connectivity index (χ1v) is 17.2. The van der Waals surface area contributed by atoms with Gasteiger partial charge in [0, 0.05) is 68.4 Å². The Balaban J connectivity index is 1.12. The lowest BCUT2D eigenvalue weighted by Crippen LogP contribution is -2.71. The third-order valence-corrected chi connectivity index (χ3v) is 9.73. The topological polar surface area (TPSA) is 109 Å². The molecule has 1 aromatic heterocycles. The number of aromatic nitrogens is 2. The number of amides is 1. The van der Waals surface area contributed by atoms with Gasteiger partial charge in [0.05, 0.1) is 35.8 Å². The van der Waals surface area contributed by atoms with Gasteiger partial charge in [0.15, 0.2) is 12.4 Å². The molecular formula is C37H41ClN6O5. The third kappa shape index (κ3) is 7.21. The molecule has 256 valence electrons. The van der Waals surface area contributed by atoms with Gasteiger partial charge in [-0.2, -0.15) is 0 Å². The van der Waals surface area contributed by atoms with Gasteiger partial charge >= 0.3 is 0 Å². The van der Waals surface area contributed by atoms with E-state index in [1.54, 1.807) is 58.0 Å². The Morgan fingerprint density at radius 1 is 0.959 bits per heavy atom. The summed E-state index contributed by atoms with van der Waals surface area (Å²) in [6.07, 6.45) is -0.157. The molecule has 12 heteroatoms. The van der Waals surface area contributed by atoms with Crippen LogP contribution in [0.3, 0.4) is 0 Å². The fourth-order valence-electron chi connectivity index (χ4n) is 6.89. The maximum absolute atomic E-state index is 14.3. The minimum absolute atomic E-state index is 0.00339. The lowest BCUT2D eigenvalue weighted by molar-refractivity contribution is -0.135. The van der Waals surface area contributed by atoms with Crippen molar-refractivity contribution in [2.75, 3.05) is 65.5 Å². The second-order valence-corrected chi connectivity index (χ2v) is 14.0. The summed E-state index contributed by atoms with van der Waals surface area (Å²) in [5.74, 6) is 1.54. The minimum Gasteiger partial charge on any atom is -0.489 e. The van der Waals surface area contributed by atoms with Crippen LogP contribution >= 0.6 is 11.6 Å². The van der Waals surface area contributed by atoms with E-state index in [0.29, 0.717) is 89.2 Å². The number of hydrogen-bond acceptors (Lipinski definition) is 9. The summed E-state index contributed by atoms with van der Waals surface area (Å²) in [4.78, 5) is 51.9. The van der Waals surface area contributed by atoms with Crippen molar-refractivity contribution in [3.05, 3.63) is 93.5 Å². The predicted molar refractivity (Wildman–Crippen MR) is 188 cm³/mol. The maximum Gasteiger partial charge on any atom is 0.266 e. The molecule has 11 nitrogen and oxygen atoms in total. The average Bonchev–Trinajstić information content (AvgIpc) is 3.05. The number of nitrogens with one attached hydrogen (secondary N) is 1. The highest BCUT2D eigenvalue weighted by molar-refractivity contribution is 6.30. The van der Waals surface area contributed by atoms with Gasteiger partial charge in [0.2, 0.25) is 0 Å². The monoisotopic (exact) mass is 684 g/mol. The zero-order chi connectivity index (χ0) is 34.1. The molecule has 1 amide bonds. The lowest BCUT2D eigenvalue weighted by Gasteiger charge is -2.56. The molecule has 3 aliphatic rings. The van der Waals surface area contributed by atoms with E-state index < -0.39 is 0 Å². The summed E-state index contributed by atoms with van der Waals surface area (Å²) in [5, 5.41) is 4.42. The van der Waals surface area contributed by atoms with Gasteiger partial charge in [-0.15, -0.1) is 0 Å². The minimum atomic E-state index is -0.228. The Hall–Kier alpha value is -4.29. The highest BCUT2D eigenvalue weighted by atomic mass is 35.5. The predicted octanol–water partition coefficient (Wildman–Crippen LogP) is 3.64. The molecule has 4 aromatic rings. The third-order valence-electron chi connectivity index (χ3n) is 9.48. The molecule has 0 atom stereocenters. The fraction of sp³-hybridized carbons (Fsp3) is 0.405. The molecule has 0 unspecified atom stereocenters. The number of carbonyl (C=O) groups excluding carboxylic acids is 2. The van der Waals surface area contributed by atoms with Crippen molar-refractivity contribution in [1.29, 1.82) is 0 Å². The summed E-state index contributed by atoms with van der Waals surface area (Å²) in [6.45, 7) is 10.6. The molecule has 7 rings (SSSR count). The van der Waals surface area contributed by atoms with E-state index in [9.17, 15) is 14.4 Å². The van der Waals surface area contributed by atoms with E-state index in [1.807, 2.05) is 32.0 Å². The first kappa shape index (κ1) is 33.2. The molecule has 3 aliphatic heterocycles. The standard InChI is InChI=1S/C37H41ClN6O5/c1-25(2)49-33-12-7-26(32(45)18-42-23-37(24-42)21-39-22-37)17-31(33)44-34(40-30-6-4-3-5-29(30)36(44)47)19-41-13-15-43(16-14-41)35(46)20-48-28-10-8-27(38)9-11-28/h3-12,17,25,39H,13-16,18-24H2,1-2H3. The summed E-state index contributed by atoms with van der Waals surface area (Å²) in [5.41, 5.74) is 1.72. The molecule has 0 bridgehead atoms. The van der Waals surface area contributed by atoms with Crippen molar-refractivity contribution in [2.24, 2.45) is 5.41 Å². The number of benzene rings is 3. The molecule has 1 spiro atoms. The second kappa shape index (κ2) is 13.9.